The highest BCUT2D eigenvalue weighted by Crippen LogP contribution is 2.23. The largest absolute Gasteiger partial charge is 0.313 e. The van der Waals surface area contributed by atoms with Gasteiger partial charge in [-0.15, -0.1) is 11.8 Å². The lowest BCUT2D eigenvalue weighted by Crippen LogP contribution is -2.36. The van der Waals surface area contributed by atoms with E-state index in [1.807, 2.05) is 6.92 Å². The number of Topliss-reactive ketones (excluding diaryl/α,β-unsaturated/α-hetero) is 1. The third kappa shape index (κ3) is 7.39. The summed E-state index contributed by atoms with van der Waals surface area (Å²) in [5.41, 5.74) is 0. The van der Waals surface area contributed by atoms with Gasteiger partial charge in [0.25, 0.3) is 0 Å². The summed E-state index contributed by atoms with van der Waals surface area (Å²) >= 11 is 1.74. The van der Waals surface area contributed by atoms with Crippen LogP contribution in [0.5, 0.6) is 0 Å². The molecule has 3 heteroatoms. The van der Waals surface area contributed by atoms with Gasteiger partial charge in [-0.1, -0.05) is 20.8 Å². The van der Waals surface area contributed by atoms with E-state index in [1.54, 1.807) is 11.8 Å². The Hall–Kier alpha value is -0.0200. The van der Waals surface area contributed by atoms with Gasteiger partial charge in [-0.05, 0) is 13.8 Å². The van der Waals surface area contributed by atoms with Gasteiger partial charge in [0.05, 0.1) is 5.75 Å². The lowest BCUT2D eigenvalue weighted by Gasteiger charge is -2.25. The molecule has 2 nitrogen and oxygen atoms in total. The normalized spacial score (nSPS) is 12.1. The Morgan fingerprint density at radius 1 is 1.43 bits per heavy atom. The fraction of sp³-hybridized carbons (Fsp3) is 0.909. The van der Waals surface area contributed by atoms with Crippen LogP contribution in [0, 0.1) is 0 Å². The molecule has 0 rings (SSSR count). The van der Waals surface area contributed by atoms with Crippen molar-refractivity contribution in [2.45, 2.75) is 51.8 Å². The van der Waals surface area contributed by atoms with Crippen LogP contribution >= 0.6 is 11.8 Å². The van der Waals surface area contributed by atoms with Crippen molar-refractivity contribution in [3.05, 3.63) is 0 Å². The first-order valence-electron chi connectivity index (χ1n) is 5.26. The number of hydrogen-bond donors (Lipinski definition) is 1. The fourth-order valence-electron chi connectivity index (χ4n) is 0.879. The van der Waals surface area contributed by atoms with Crippen LogP contribution in [0.4, 0.5) is 0 Å². The zero-order chi connectivity index (χ0) is 11.2. The maximum absolute atomic E-state index is 11.2. The lowest BCUT2D eigenvalue weighted by molar-refractivity contribution is -0.116. The Morgan fingerprint density at radius 3 is 2.43 bits per heavy atom. The smallest absolute Gasteiger partial charge is 0.142 e. The van der Waals surface area contributed by atoms with Crippen molar-refractivity contribution in [2.75, 3.05) is 12.3 Å². The van der Waals surface area contributed by atoms with E-state index in [0.29, 0.717) is 24.0 Å². The summed E-state index contributed by atoms with van der Waals surface area (Å²) in [4.78, 5) is 11.2. The molecule has 0 saturated carbocycles. The van der Waals surface area contributed by atoms with Crippen LogP contribution in [0.25, 0.3) is 0 Å². The summed E-state index contributed by atoms with van der Waals surface area (Å²) in [5, 5.41) is 3.40. The molecule has 0 saturated heterocycles. The van der Waals surface area contributed by atoms with Gasteiger partial charge < -0.3 is 5.32 Å². The first-order chi connectivity index (χ1) is 6.37. The topological polar surface area (TPSA) is 29.1 Å². The van der Waals surface area contributed by atoms with Crippen molar-refractivity contribution in [2.24, 2.45) is 0 Å². The van der Waals surface area contributed by atoms with Crippen LogP contribution in [0.15, 0.2) is 0 Å². The van der Waals surface area contributed by atoms with Crippen molar-refractivity contribution >= 4 is 17.5 Å². The molecular formula is C11H23NOS. The fourth-order valence-corrected chi connectivity index (χ4v) is 1.82. The Labute approximate surface area is 92.2 Å². The summed E-state index contributed by atoms with van der Waals surface area (Å²) in [5.74, 6) is 0.983. The van der Waals surface area contributed by atoms with Crippen molar-refractivity contribution in [1.29, 1.82) is 0 Å². The number of rotatable bonds is 7. The molecular weight excluding hydrogens is 194 g/mol. The first-order valence-corrected chi connectivity index (χ1v) is 6.25. The molecule has 84 valence electrons. The quantitative estimate of drug-likeness (QED) is 0.710. The summed E-state index contributed by atoms with van der Waals surface area (Å²) in [6.45, 7) is 11.5. The van der Waals surface area contributed by atoms with E-state index < -0.39 is 0 Å². The van der Waals surface area contributed by atoms with E-state index in [1.165, 1.54) is 0 Å². The van der Waals surface area contributed by atoms with E-state index in [9.17, 15) is 4.79 Å². The number of hydrogen-bond acceptors (Lipinski definition) is 3. The molecule has 0 aliphatic heterocycles. The van der Waals surface area contributed by atoms with Crippen molar-refractivity contribution in [3.8, 4) is 0 Å². The maximum Gasteiger partial charge on any atom is 0.142 e. The number of carbonyl (C=O) groups is 1. The minimum absolute atomic E-state index is 0.148. The molecule has 0 radical (unpaired) electrons. The van der Waals surface area contributed by atoms with Gasteiger partial charge in [0.2, 0.25) is 0 Å². The molecule has 0 bridgehead atoms. The standard InChI is InChI=1S/C11H23NOS/c1-6-10(13)7-14-11(4,5)8-12-9(2)3/h9,12H,6-8H2,1-5H3. The van der Waals surface area contributed by atoms with E-state index in [4.69, 9.17) is 0 Å². The molecule has 14 heavy (non-hydrogen) atoms. The lowest BCUT2D eigenvalue weighted by atomic mass is 10.2. The summed E-state index contributed by atoms with van der Waals surface area (Å²) in [6, 6.07) is 0.511. The van der Waals surface area contributed by atoms with Gasteiger partial charge in [0.15, 0.2) is 0 Å². The zero-order valence-electron chi connectivity index (χ0n) is 10.0. The van der Waals surface area contributed by atoms with Gasteiger partial charge in [-0.2, -0.15) is 0 Å². The molecule has 0 aromatic rings. The highest BCUT2D eigenvalue weighted by Gasteiger charge is 2.19. The second-order valence-electron chi connectivity index (χ2n) is 4.48. The predicted octanol–water partition coefficient (Wildman–Crippen LogP) is 2.48. The van der Waals surface area contributed by atoms with Crippen LogP contribution in [-0.2, 0) is 4.79 Å². The summed E-state index contributed by atoms with van der Waals surface area (Å²) < 4.78 is 0.148. The SMILES string of the molecule is CCC(=O)CSC(C)(C)CNC(C)C. The van der Waals surface area contributed by atoms with Gasteiger partial charge in [0.1, 0.15) is 5.78 Å². The molecule has 0 fully saturated rings. The number of thioether (sulfide) groups is 1. The van der Waals surface area contributed by atoms with Crippen molar-refractivity contribution in [3.63, 3.8) is 0 Å². The van der Waals surface area contributed by atoms with Crippen LogP contribution in [-0.4, -0.2) is 28.9 Å². The first kappa shape index (κ1) is 14.0. The van der Waals surface area contributed by atoms with E-state index in [-0.39, 0.29) is 4.75 Å². The maximum atomic E-state index is 11.2. The van der Waals surface area contributed by atoms with Crippen LogP contribution in [0.2, 0.25) is 0 Å². The molecule has 0 atom stereocenters. The molecule has 0 aromatic carbocycles. The monoisotopic (exact) mass is 217 g/mol. The minimum Gasteiger partial charge on any atom is -0.313 e. The van der Waals surface area contributed by atoms with Crippen LogP contribution in [0.1, 0.15) is 41.0 Å². The van der Waals surface area contributed by atoms with Crippen LogP contribution < -0.4 is 5.32 Å². The van der Waals surface area contributed by atoms with E-state index in [0.717, 1.165) is 6.54 Å². The Kier molecular flexibility index (Phi) is 6.45. The second kappa shape index (κ2) is 6.46. The Balaban J connectivity index is 3.77. The zero-order valence-corrected chi connectivity index (χ0v) is 10.8. The van der Waals surface area contributed by atoms with E-state index >= 15 is 0 Å². The summed E-state index contributed by atoms with van der Waals surface area (Å²) in [7, 11) is 0. The third-order valence-corrected chi connectivity index (χ3v) is 3.35. The van der Waals surface area contributed by atoms with Crippen LogP contribution in [0.3, 0.4) is 0 Å². The third-order valence-electron chi connectivity index (χ3n) is 1.95. The minimum atomic E-state index is 0.148. The van der Waals surface area contributed by atoms with E-state index in [2.05, 4.69) is 33.0 Å². The molecule has 1 N–H and O–H groups in total. The van der Waals surface area contributed by atoms with Gasteiger partial charge in [0, 0.05) is 23.8 Å². The highest BCUT2D eigenvalue weighted by molar-refractivity contribution is 8.01. The van der Waals surface area contributed by atoms with Crippen molar-refractivity contribution in [1.82, 2.24) is 5.32 Å². The number of carbonyl (C=O) groups excluding carboxylic acids is 1. The van der Waals surface area contributed by atoms with Crippen molar-refractivity contribution < 1.29 is 4.79 Å². The Morgan fingerprint density at radius 2 is 2.00 bits per heavy atom. The molecule has 0 spiro atoms. The molecule has 0 aliphatic carbocycles. The number of ketones is 1. The average Bonchev–Trinajstić information content (AvgIpc) is 2.11. The number of nitrogens with one attached hydrogen (secondary N) is 1. The predicted molar refractivity (Wildman–Crippen MR) is 65.0 cm³/mol. The average molecular weight is 217 g/mol. The molecule has 0 aliphatic rings. The van der Waals surface area contributed by atoms with Gasteiger partial charge in [-0.25, -0.2) is 0 Å². The van der Waals surface area contributed by atoms with Gasteiger partial charge in [-0.3, -0.25) is 4.79 Å². The summed E-state index contributed by atoms with van der Waals surface area (Å²) in [6.07, 6.45) is 0.653. The molecule has 0 heterocycles. The Bertz CT molecular complexity index is 178. The highest BCUT2D eigenvalue weighted by atomic mass is 32.2. The molecule has 0 aromatic heterocycles. The second-order valence-corrected chi connectivity index (χ2v) is 6.16. The molecule has 0 amide bonds. The molecule has 0 unspecified atom stereocenters. The van der Waals surface area contributed by atoms with Gasteiger partial charge >= 0.3 is 0 Å².